The first-order valence-electron chi connectivity index (χ1n) is 23.2. The highest BCUT2D eigenvalue weighted by Gasteiger charge is 2.37. The Morgan fingerprint density at radius 3 is 1.59 bits per heavy atom. The van der Waals surface area contributed by atoms with Gasteiger partial charge < -0.3 is 9.32 Å². The summed E-state index contributed by atoms with van der Waals surface area (Å²) in [5.74, 6) is 0. The van der Waals surface area contributed by atoms with E-state index in [0.717, 1.165) is 55.7 Å². The van der Waals surface area contributed by atoms with Crippen LogP contribution in [0, 0.1) is 0 Å². The number of rotatable bonds is 6. The minimum Gasteiger partial charge on any atom is -0.455 e. The van der Waals surface area contributed by atoms with Crippen LogP contribution >= 0.6 is 0 Å². The van der Waals surface area contributed by atoms with Crippen LogP contribution < -0.4 is 4.90 Å². The van der Waals surface area contributed by atoms with Gasteiger partial charge in [0.15, 0.2) is 0 Å². The van der Waals surface area contributed by atoms with Crippen molar-refractivity contribution in [3.8, 4) is 55.6 Å². The summed E-state index contributed by atoms with van der Waals surface area (Å²) in [5.41, 5.74) is 22.5. The normalized spacial score (nSPS) is 14.0. The number of furan rings is 1. The van der Waals surface area contributed by atoms with E-state index >= 15 is 0 Å². The van der Waals surface area contributed by atoms with E-state index < -0.39 is 0 Å². The molecule has 0 unspecified atom stereocenters. The summed E-state index contributed by atoms with van der Waals surface area (Å²) < 4.78 is 7.15. The Morgan fingerprint density at radius 1 is 0.333 bits per heavy atom. The van der Waals surface area contributed by atoms with Crippen LogP contribution in [0.1, 0.15) is 49.9 Å². The van der Waals surface area contributed by atoms with Gasteiger partial charge in [-0.15, -0.1) is 0 Å². The van der Waals surface area contributed by atoms with Crippen molar-refractivity contribution in [1.82, 2.24) is 0 Å². The fraction of sp³-hybridized carbons (Fsp3) is 0.0938. The summed E-state index contributed by atoms with van der Waals surface area (Å²) in [6, 6.07) is 78.2. The van der Waals surface area contributed by atoms with E-state index in [4.69, 9.17) is 4.42 Å². The Bertz CT molecular complexity index is 3730. The second kappa shape index (κ2) is 14.3. The maximum absolute atomic E-state index is 7.15. The molecule has 2 aliphatic carbocycles. The van der Waals surface area contributed by atoms with E-state index in [-0.39, 0.29) is 10.8 Å². The summed E-state index contributed by atoms with van der Waals surface area (Å²) in [7, 11) is 0. The van der Waals surface area contributed by atoms with Crippen molar-refractivity contribution in [2.75, 3.05) is 4.90 Å². The van der Waals surface area contributed by atoms with Gasteiger partial charge in [-0.05, 0) is 138 Å². The van der Waals surface area contributed by atoms with Gasteiger partial charge in [0.05, 0.1) is 0 Å². The van der Waals surface area contributed by atoms with Crippen molar-refractivity contribution in [3.05, 3.63) is 235 Å². The van der Waals surface area contributed by atoms with Crippen molar-refractivity contribution >= 4 is 49.8 Å². The number of benzene rings is 10. The average molecular weight is 846 g/mol. The van der Waals surface area contributed by atoms with E-state index in [2.05, 4.69) is 245 Å². The smallest absolute Gasteiger partial charge is 0.143 e. The van der Waals surface area contributed by atoms with Gasteiger partial charge in [0.1, 0.15) is 11.2 Å². The first-order chi connectivity index (χ1) is 32.2. The molecule has 2 aliphatic rings. The van der Waals surface area contributed by atoms with Crippen LogP contribution in [-0.4, -0.2) is 0 Å². The second-order valence-electron chi connectivity index (χ2n) is 19.3. The minimum absolute atomic E-state index is 0.0698. The molecule has 0 saturated carbocycles. The molecule has 66 heavy (non-hydrogen) atoms. The number of nitrogens with zero attached hydrogens (tertiary/aromatic N) is 1. The summed E-state index contributed by atoms with van der Waals surface area (Å²) in [4.78, 5) is 2.40. The topological polar surface area (TPSA) is 16.4 Å². The lowest BCUT2D eigenvalue weighted by molar-refractivity contribution is 0.648. The molecule has 1 aromatic heterocycles. The number of anilines is 3. The molecule has 0 fully saturated rings. The first kappa shape index (κ1) is 38.5. The minimum atomic E-state index is -0.137. The zero-order valence-electron chi connectivity index (χ0n) is 37.6. The Labute approximate surface area is 386 Å². The van der Waals surface area contributed by atoms with Crippen LogP contribution in [-0.2, 0) is 10.8 Å². The third-order valence-corrected chi connectivity index (χ3v) is 14.9. The summed E-state index contributed by atoms with van der Waals surface area (Å²) >= 11 is 0. The van der Waals surface area contributed by atoms with E-state index in [9.17, 15) is 0 Å². The van der Waals surface area contributed by atoms with Crippen LogP contribution in [0.25, 0.3) is 88.3 Å². The van der Waals surface area contributed by atoms with Crippen molar-refractivity contribution in [3.63, 3.8) is 0 Å². The highest BCUT2D eigenvalue weighted by atomic mass is 16.3. The predicted molar refractivity (Wildman–Crippen MR) is 277 cm³/mol. The molecular weight excluding hydrogens is 799 g/mol. The fourth-order valence-electron chi connectivity index (χ4n) is 11.5. The fourth-order valence-corrected chi connectivity index (χ4v) is 11.5. The quantitative estimate of drug-likeness (QED) is 0.166. The molecule has 2 nitrogen and oxygen atoms in total. The molecule has 10 aromatic carbocycles. The number of hydrogen-bond acceptors (Lipinski definition) is 2. The lowest BCUT2D eigenvalue weighted by Crippen LogP contribution is -2.15. The molecule has 0 bridgehead atoms. The predicted octanol–water partition coefficient (Wildman–Crippen LogP) is 17.8. The van der Waals surface area contributed by atoms with Crippen LogP contribution in [0.2, 0.25) is 0 Å². The highest BCUT2D eigenvalue weighted by Crippen LogP contribution is 2.54. The van der Waals surface area contributed by atoms with E-state index in [1.807, 2.05) is 0 Å². The maximum Gasteiger partial charge on any atom is 0.143 e. The van der Waals surface area contributed by atoms with Crippen molar-refractivity contribution in [1.29, 1.82) is 0 Å². The van der Waals surface area contributed by atoms with Crippen molar-refractivity contribution < 1.29 is 4.42 Å². The van der Waals surface area contributed by atoms with Crippen molar-refractivity contribution in [2.45, 2.75) is 38.5 Å². The molecule has 0 saturated heterocycles. The Hall–Kier alpha value is -7.94. The van der Waals surface area contributed by atoms with E-state index in [1.54, 1.807) is 0 Å². The Balaban J connectivity index is 0.990. The molecule has 0 aliphatic heterocycles. The van der Waals surface area contributed by atoms with Crippen molar-refractivity contribution in [2.24, 2.45) is 0 Å². The molecule has 1 heterocycles. The lowest BCUT2D eigenvalue weighted by Gasteiger charge is -2.27. The second-order valence-corrected chi connectivity index (χ2v) is 19.3. The maximum atomic E-state index is 7.15. The molecule has 13 rings (SSSR count). The van der Waals surface area contributed by atoms with Crippen LogP contribution in [0.4, 0.5) is 17.1 Å². The average Bonchev–Trinajstić information content (AvgIpc) is 3.93. The number of fused-ring (bicyclic) bond motifs is 10. The third kappa shape index (κ3) is 5.67. The zero-order chi connectivity index (χ0) is 44.3. The molecule has 0 atom stereocenters. The third-order valence-electron chi connectivity index (χ3n) is 14.9. The van der Waals surface area contributed by atoms with Crippen LogP contribution in [0.5, 0.6) is 0 Å². The highest BCUT2D eigenvalue weighted by molar-refractivity contribution is 6.19. The van der Waals surface area contributed by atoms with Gasteiger partial charge in [0, 0.05) is 44.2 Å². The van der Waals surface area contributed by atoms with Gasteiger partial charge >= 0.3 is 0 Å². The van der Waals surface area contributed by atoms with Gasteiger partial charge in [0.25, 0.3) is 0 Å². The summed E-state index contributed by atoms with van der Waals surface area (Å²) in [6.45, 7) is 9.37. The van der Waals surface area contributed by atoms with Crippen LogP contribution in [0.15, 0.2) is 217 Å². The Morgan fingerprint density at radius 2 is 0.864 bits per heavy atom. The standard InChI is InChI=1S/C64H47NO/c1-63(2)56-23-12-10-20-50(56)53-37-46(33-36-58(53)63)65(44-29-25-41(26-30-44)40-15-6-5-7-16-40)45-31-27-43(28-32-45)48-34-35-52(49-22-14-18-42-17-8-9-19-47(42)49)62-61(48)55-38-54-51-21-11-13-24-57(51)64(3,4)59(54)39-60(55)66-62/h5-39H,1-4H3. The molecule has 0 spiro atoms. The van der Waals surface area contributed by atoms with Gasteiger partial charge in [-0.1, -0.05) is 185 Å². The van der Waals surface area contributed by atoms with E-state index in [0.29, 0.717) is 0 Å². The number of hydrogen-bond donors (Lipinski definition) is 0. The molecule has 314 valence electrons. The molecular formula is C64H47NO. The monoisotopic (exact) mass is 845 g/mol. The molecule has 2 heteroatoms. The summed E-state index contributed by atoms with van der Waals surface area (Å²) in [5, 5.41) is 4.71. The molecule has 0 radical (unpaired) electrons. The zero-order valence-corrected chi connectivity index (χ0v) is 37.6. The Kier molecular flexibility index (Phi) is 8.33. The molecule has 11 aromatic rings. The lowest BCUT2D eigenvalue weighted by atomic mass is 9.82. The van der Waals surface area contributed by atoms with Crippen LogP contribution in [0.3, 0.4) is 0 Å². The SMILES string of the molecule is CC1(C)c2ccccc2-c2cc(N(c3ccc(-c4ccccc4)cc3)c3ccc(-c4ccc(-c5cccc6ccccc56)c5oc6cc7c(cc6c45)-c4ccccc4C7(C)C)cc3)ccc21. The molecule has 0 N–H and O–H groups in total. The van der Waals surface area contributed by atoms with Gasteiger partial charge in [-0.2, -0.15) is 0 Å². The first-order valence-corrected chi connectivity index (χ1v) is 23.2. The van der Waals surface area contributed by atoms with Gasteiger partial charge in [0.2, 0.25) is 0 Å². The van der Waals surface area contributed by atoms with Gasteiger partial charge in [-0.25, -0.2) is 0 Å². The van der Waals surface area contributed by atoms with E-state index in [1.165, 1.54) is 72.0 Å². The van der Waals surface area contributed by atoms with Gasteiger partial charge in [-0.3, -0.25) is 0 Å². The largest absolute Gasteiger partial charge is 0.455 e. The molecule has 0 amide bonds. The summed E-state index contributed by atoms with van der Waals surface area (Å²) in [6.07, 6.45) is 0.